The highest BCUT2D eigenvalue weighted by atomic mass is 35.5. The number of alkyl halides is 3. The molecule has 0 bridgehead atoms. The Balaban J connectivity index is 2.06. The molecule has 0 heterocycles. The van der Waals surface area contributed by atoms with Gasteiger partial charge in [-0.1, -0.05) is 24.4 Å². The van der Waals surface area contributed by atoms with E-state index in [4.69, 9.17) is 16.7 Å². The standard InChI is InChI=1S/C15H16ClF3N2O3/c16-11-6-5-8(7-10(11)15(17,18)19)20-14(24)21-12-4-2-1-3-9(12)13(22)23/h5-7,9,12H,1-4H2,(H,22,23)(H2,20,21,24). The Labute approximate surface area is 141 Å². The summed E-state index contributed by atoms with van der Waals surface area (Å²) in [5.41, 5.74) is -1.13. The molecule has 0 spiro atoms. The van der Waals surface area contributed by atoms with Gasteiger partial charge in [0.15, 0.2) is 0 Å². The highest BCUT2D eigenvalue weighted by Gasteiger charge is 2.34. The zero-order chi connectivity index (χ0) is 17.9. The molecule has 2 atom stereocenters. The van der Waals surface area contributed by atoms with E-state index in [0.29, 0.717) is 12.8 Å². The Morgan fingerprint density at radius 3 is 2.50 bits per heavy atom. The zero-order valence-corrected chi connectivity index (χ0v) is 13.2. The summed E-state index contributed by atoms with van der Waals surface area (Å²) < 4.78 is 38.4. The maximum absolute atomic E-state index is 12.8. The van der Waals surface area contributed by atoms with Gasteiger partial charge in [0.2, 0.25) is 0 Å². The molecule has 24 heavy (non-hydrogen) atoms. The minimum atomic E-state index is -4.64. The van der Waals surface area contributed by atoms with Gasteiger partial charge in [0.1, 0.15) is 0 Å². The van der Waals surface area contributed by atoms with Crippen LogP contribution >= 0.6 is 11.6 Å². The number of carbonyl (C=O) groups excluding carboxylic acids is 1. The van der Waals surface area contributed by atoms with E-state index in [1.165, 1.54) is 6.07 Å². The van der Waals surface area contributed by atoms with Crippen molar-refractivity contribution in [3.63, 3.8) is 0 Å². The number of nitrogens with one attached hydrogen (secondary N) is 2. The van der Waals surface area contributed by atoms with Crippen molar-refractivity contribution in [3.8, 4) is 0 Å². The number of hydrogen-bond acceptors (Lipinski definition) is 2. The summed E-state index contributed by atoms with van der Waals surface area (Å²) in [6.07, 6.45) is -2.11. The molecule has 9 heteroatoms. The van der Waals surface area contributed by atoms with Gasteiger partial charge in [-0.25, -0.2) is 4.79 Å². The normalized spacial score (nSPS) is 21.2. The van der Waals surface area contributed by atoms with Gasteiger partial charge >= 0.3 is 18.2 Å². The van der Waals surface area contributed by atoms with Crippen LogP contribution in [0.2, 0.25) is 5.02 Å². The van der Waals surface area contributed by atoms with Crippen LogP contribution in [-0.4, -0.2) is 23.1 Å². The first-order chi connectivity index (χ1) is 11.2. The fraction of sp³-hybridized carbons (Fsp3) is 0.467. The van der Waals surface area contributed by atoms with Crippen LogP contribution in [0, 0.1) is 5.92 Å². The second kappa shape index (κ2) is 7.29. The van der Waals surface area contributed by atoms with Crippen molar-refractivity contribution in [1.29, 1.82) is 0 Å². The molecule has 1 saturated carbocycles. The van der Waals surface area contributed by atoms with Crippen LogP contribution in [0.15, 0.2) is 18.2 Å². The minimum absolute atomic E-state index is 0.0769. The van der Waals surface area contributed by atoms with E-state index in [-0.39, 0.29) is 5.69 Å². The first kappa shape index (κ1) is 18.4. The number of aliphatic carboxylic acids is 1. The minimum Gasteiger partial charge on any atom is -0.481 e. The van der Waals surface area contributed by atoms with E-state index in [2.05, 4.69) is 10.6 Å². The summed E-state index contributed by atoms with van der Waals surface area (Å²) in [4.78, 5) is 23.2. The predicted octanol–water partition coefficient (Wildman–Crippen LogP) is 4.12. The van der Waals surface area contributed by atoms with E-state index in [9.17, 15) is 22.8 Å². The molecule has 1 fully saturated rings. The SMILES string of the molecule is O=C(Nc1ccc(Cl)c(C(F)(F)F)c1)NC1CCCCC1C(=O)O. The molecule has 1 aromatic rings. The molecule has 132 valence electrons. The highest BCUT2D eigenvalue weighted by molar-refractivity contribution is 6.31. The molecule has 2 unspecified atom stereocenters. The summed E-state index contributed by atoms with van der Waals surface area (Å²) in [5, 5.41) is 13.5. The number of carboxylic acids is 1. The monoisotopic (exact) mass is 364 g/mol. The molecule has 0 saturated heterocycles. The molecule has 1 aliphatic rings. The van der Waals surface area contributed by atoms with Gasteiger partial charge in [-0.15, -0.1) is 0 Å². The lowest BCUT2D eigenvalue weighted by Gasteiger charge is -2.29. The summed E-state index contributed by atoms with van der Waals surface area (Å²) in [7, 11) is 0. The quantitative estimate of drug-likeness (QED) is 0.754. The van der Waals surface area contributed by atoms with Gasteiger partial charge in [0.05, 0.1) is 16.5 Å². The Bertz CT molecular complexity index is 637. The molecule has 0 aliphatic heterocycles. The Morgan fingerprint density at radius 1 is 1.21 bits per heavy atom. The Morgan fingerprint density at radius 2 is 1.88 bits per heavy atom. The first-order valence-corrected chi connectivity index (χ1v) is 7.73. The van der Waals surface area contributed by atoms with Gasteiger partial charge < -0.3 is 15.7 Å². The van der Waals surface area contributed by atoms with Crippen LogP contribution in [0.25, 0.3) is 0 Å². The number of rotatable bonds is 3. The van der Waals surface area contributed by atoms with E-state index < -0.39 is 40.7 Å². The summed E-state index contributed by atoms with van der Waals surface area (Å²) >= 11 is 5.51. The van der Waals surface area contributed by atoms with Gasteiger partial charge in [-0.05, 0) is 31.0 Å². The van der Waals surface area contributed by atoms with E-state index in [1.54, 1.807) is 0 Å². The largest absolute Gasteiger partial charge is 0.481 e. The second-order valence-electron chi connectivity index (χ2n) is 5.63. The molecule has 5 nitrogen and oxygen atoms in total. The second-order valence-corrected chi connectivity index (χ2v) is 6.03. The van der Waals surface area contributed by atoms with Crippen LogP contribution in [0.4, 0.5) is 23.7 Å². The summed E-state index contributed by atoms with van der Waals surface area (Å²) in [6, 6.07) is 1.72. The summed E-state index contributed by atoms with van der Waals surface area (Å²) in [6.45, 7) is 0. The van der Waals surface area contributed by atoms with E-state index in [0.717, 1.165) is 25.0 Å². The fourth-order valence-electron chi connectivity index (χ4n) is 2.76. The van der Waals surface area contributed by atoms with E-state index >= 15 is 0 Å². The lowest BCUT2D eigenvalue weighted by molar-refractivity contribution is -0.143. The molecule has 1 aliphatic carbocycles. The topological polar surface area (TPSA) is 78.4 Å². The Kier molecular flexibility index (Phi) is 5.58. The number of benzene rings is 1. The number of anilines is 1. The van der Waals surface area contributed by atoms with Gasteiger partial charge in [0.25, 0.3) is 0 Å². The molecular weight excluding hydrogens is 349 g/mol. The third-order valence-electron chi connectivity index (χ3n) is 3.93. The van der Waals surface area contributed by atoms with Crippen molar-refractivity contribution >= 4 is 29.3 Å². The maximum Gasteiger partial charge on any atom is 0.417 e. The number of carboxylic acid groups (broad SMARTS) is 1. The van der Waals surface area contributed by atoms with Gasteiger partial charge in [0, 0.05) is 11.7 Å². The van der Waals surface area contributed by atoms with Crippen molar-refractivity contribution in [2.45, 2.75) is 37.9 Å². The van der Waals surface area contributed by atoms with Gasteiger partial charge in [-0.3, -0.25) is 4.79 Å². The third-order valence-corrected chi connectivity index (χ3v) is 4.26. The van der Waals surface area contributed by atoms with Crippen molar-refractivity contribution in [2.24, 2.45) is 5.92 Å². The number of hydrogen-bond donors (Lipinski definition) is 3. The molecule has 0 radical (unpaired) electrons. The number of carbonyl (C=O) groups is 2. The first-order valence-electron chi connectivity index (χ1n) is 7.35. The van der Waals surface area contributed by atoms with Gasteiger partial charge in [-0.2, -0.15) is 13.2 Å². The molecule has 1 aromatic carbocycles. The lowest BCUT2D eigenvalue weighted by atomic mass is 9.84. The third kappa shape index (κ3) is 4.53. The van der Waals surface area contributed by atoms with Crippen molar-refractivity contribution in [2.75, 3.05) is 5.32 Å². The molecule has 3 N–H and O–H groups in total. The van der Waals surface area contributed by atoms with Crippen LogP contribution in [0.1, 0.15) is 31.2 Å². The molecule has 0 aromatic heterocycles. The zero-order valence-electron chi connectivity index (χ0n) is 12.5. The smallest absolute Gasteiger partial charge is 0.417 e. The molecular formula is C15H16ClF3N2O3. The number of halogens is 4. The predicted molar refractivity (Wildman–Crippen MR) is 82.0 cm³/mol. The lowest BCUT2D eigenvalue weighted by Crippen LogP contribution is -2.46. The van der Waals surface area contributed by atoms with E-state index in [1.807, 2.05) is 0 Å². The van der Waals surface area contributed by atoms with Crippen molar-refractivity contribution < 1.29 is 27.9 Å². The summed E-state index contributed by atoms with van der Waals surface area (Å²) in [5.74, 6) is -1.69. The average Bonchev–Trinajstić information content (AvgIpc) is 2.48. The van der Waals surface area contributed by atoms with Crippen LogP contribution < -0.4 is 10.6 Å². The number of amides is 2. The Hall–Kier alpha value is -1.96. The highest BCUT2D eigenvalue weighted by Crippen LogP contribution is 2.36. The maximum atomic E-state index is 12.8. The van der Waals surface area contributed by atoms with Crippen LogP contribution in [0.5, 0.6) is 0 Å². The molecule has 2 amide bonds. The van der Waals surface area contributed by atoms with Crippen molar-refractivity contribution in [3.05, 3.63) is 28.8 Å². The van der Waals surface area contributed by atoms with Crippen LogP contribution in [-0.2, 0) is 11.0 Å². The average molecular weight is 365 g/mol. The van der Waals surface area contributed by atoms with Crippen LogP contribution in [0.3, 0.4) is 0 Å². The number of urea groups is 1. The fourth-order valence-corrected chi connectivity index (χ4v) is 2.98. The molecule has 2 rings (SSSR count). The van der Waals surface area contributed by atoms with Crippen molar-refractivity contribution in [1.82, 2.24) is 5.32 Å².